The van der Waals surface area contributed by atoms with Gasteiger partial charge < -0.3 is 23.0 Å². The molecule has 0 aliphatic rings. The number of amides is 1. The lowest BCUT2D eigenvalue weighted by Crippen LogP contribution is -2.34. The van der Waals surface area contributed by atoms with Crippen LogP contribution in [0.5, 0.6) is 17.2 Å². The first kappa shape index (κ1) is 22.2. The Labute approximate surface area is 181 Å². The Morgan fingerprint density at radius 2 is 1.77 bits per heavy atom. The van der Waals surface area contributed by atoms with Gasteiger partial charge in [0.05, 0.1) is 26.2 Å². The molecule has 3 rings (SSSR count). The maximum absolute atomic E-state index is 12.9. The third kappa shape index (κ3) is 6.78. The van der Waals surface area contributed by atoms with E-state index in [9.17, 15) is 13.2 Å². The normalized spacial score (nSPS) is 11.0. The van der Waals surface area contributed by atoms with Gasteiger partial charge in [0.1, 0.15) is 11.5 Å². The molecule has 0 saturated carbocycles. The molecular weight excluding hydrogens is 422 g/mol. The molecule has 0 N–H and O–H groups in total. The molecule has 31 heavy (non-hydrogen) atoms. The highest BCUT2D eigenvalue weighted by Gasteiger charge is 2.19. The van der Waals surface area contributed by atoms with Crippen LogP contribution < -0.4 is 13.7 Å². The Bertz CT molecular complexity index is 1100. The second-order valence-corrected chi connectivity index (χ2v) is 8.28. The molecule has 0 unspecified atom stereocenters. The zero-order chi connectivity index (χ0) is 22.3. The molecule has 0 atom stereocenters. The fraction of sp³-hybridized carbons (Fsp3) is 0.227. The molecule has 3 aromatic rings. The number of nitrogens with zero attached hydrogens (tertiary/aromatic N) is 1. The van der Waals surface area contributed by atoms with Gasteiger partial charge in [0.15, 0.2) is 18.1 Å². The summed E-state index contributed by atoms with van der Waals surface area (Å²) in [4.78, 5) is 14.4. The van der Waals surface area contributed by atoms with Gasteiger partial charge in [0.2, 0.25) is 0 Å². The van der Waals surface area contributed by atoms with Crippen molar-refractivity contribution in [3.05, 3.63) is 78.3 Å². The van der Waals surface area contributed by atoms with Crippen molar-refractivity contribution in [2.24, 2.45) is 0 Å². The number of benzene rings is 2. The minimum Gasteiger partial charge on any atom is -0.493 e. The minimum atomic E-state index is -3.75. The number of para-hydroxylation sites is 1. The van der Waals surface area contributed by atoms with E-state index >= 15 is 0 Å². The third-order valence-corrected chi connectivity index (χ3v) is 4.71. The molecule has 0 spiro atoms. The van der Waals surface area contributed by atoms with E-state index in [1.54, 1.807) is 41.3 Å². The van der Waals surface area contributed by atoms with Crippen LogP contribution in [0.3, 0.4) is 0 Å². The maximum atomic E-state index is 12.9. The minimum absolute atomic E-state index is 0.0495. The van der Waals surface area contributed by atoms with Gasteiger partial charge in [-0.15, -0.1) is 0 Å². The number of hydrogen-bond acceptors (Lipinski definition) is 7. The quantitative estimate of drug-likeness (QED) is 0.442. The highest BCUT2D eigenvalue weighted by atomic mass is 32.2. The first-order valence-corrected chi connectivity index (χ1v) is 11.2. The molecule has 1 amide bonds. The summed E-state index contributed by atoms with van der Waals surface area (Å²) in [5.41, 5.74) is 0.652. The van der Waals surface area contributed by atoms with Crippen LogP contribution in [0.1, 0.15) is 11.3 Å². The molecule has 0 saturated heterocycles. The average Bonchev–Trinajstić information content (AvgIpc) is 3.24. The van der Waals surface area contributed by atoms with Gasteiger partial charge in [-0.1, -0.05) is 24.3 Å². The molecule has 8 nitrogen and oxygen atoms in total. The molecule has 0 bridgehead atoms. The largest absolute Gasteiger partial charge is 0.493 e. The van der Waals surface area contributed by atoms with Crippen LogP contribution in [0, 0.1) is 0 Å². The van der Waals surface area contributed by atoms with Crippen LogP contribution in [-0.2, 0) is 28.0 Å². The van der Waals surface area contributed by atoms with Crippen molar-refractivity contribution in [1.82, 2.24) is 4.90 Å². The zero-order valence-electron chi connectivity index (χ0n) is 17.2. The molecule has 0 aliphatic heterocycles. The Balaban J connectivity index is 1.79. The number of carbonyl (C=O) groups is 1. The van der Waals surface area contributed by atoms with Crippen molar-refractivity contribution in [1.29, 1.82) is 0 Å². The van der Waals surface area contributed by atoms with E-state index in [0.717, 1.165) is 6.26 Å². The molecule has 0 radical (unpaired) electrons. The highest BCUT2D eigenvalue weighted by molar-refractivity contribution is 7.86. The van der Waals surface area contributed by atoms with Gasteiger partial charge in [-0.2, -0.15) is 8.42 Å². The summed E-state index contributed by atoms with van der Waals surface area (Å²) in [5.74, 6) is 1.25. The lowest BCUT2D eigenvalue weighted by Gasteiger charge is -2.22. The molecule has 1 aromatic heterocycles. The average molecular weight is 445 g/mol. The van der Waals surface area contributed by atoms with E-state index in [-0.39, 0.29) is 37.1 Å². The monoisotopic (exact) mass is 445 g/mol. The van der Waals surface area contributed by atoms with E-state index < -0.39 is 10.1 Å². The lowest BCUT2D eigenvalue weighted by atomic mass is 10.2. The lowest BCUT2D eigenvalue weighted by molar-refractivity contribution is -0.134. The molecule has 0 fully saturated rings. The Morgan fingerprint density at radius 3 is 2.42 bits per heavy atom. The van der Waals surface area contributed by atoms with E-state index in [0.29, 0.717) is 17.1 Å². The van der Waals surface area contributed by atoms with Gasteiger partial charge in [-0.05, 0) is 42.0 Å². The summed E-state index contributed by atoms with van der Waals surface area (Å²) >= 11 is 0. The van der Waals surface area contributed by atoms with Crippen LogP contribution in [0.2, 0.25) is 0 Å². The van der Waals surface area contributed by atoms with Crippen molar-refractivity contribution in [2.75, 3.05) is 20.0 Å². The van der Waals surface area contributed by atoms with Crippen molar-refractivity contribution in [2.45, 2.75) is 13.1 Å². The van der Waals surface area contributed by atoms with E-state index in [1.807, 2.05) is 18.2 Å². The standard InChI is InChI=1S/C22H23NO7S/c1-27-20-11-10-17(13-21(20)30-31(2,25)26)14-23(15-19-9-6-12-28-19)22(24)16-29-18-7-4-3-5-8-18/h3-13H,14-16H2,1-2H3. The molecule has 1 heterocycles. The summed E-state index contributed by atoms with van der Waals surface area (Å²) in [6.07, 6.45) is 2.48. The SMILES string of the molecule is COc1ccc(CN(Cc2ccco2)C(=O)COc2ccccc2)cc1OS(C)(=O)=O. The van der Waals surface area contributed by atoms with Crippen LogP contribution in [0.15, 0.2) is 71.3 Å². The Hall–Kier alpha value is -3.46. The summed E-state index contributed by atoms with van der Waals surface area (Å²) in [6, 6.07) is 17.4. The topological polar surface area (TPSA) is 95.3 Å². The van der Waals surface area contributed by atoms with E-state index in [4.69, 9.17) is 18.1 Å². The number of rotatable bonds is 10. The van der Waals surface area contributed by atoms with Gasteiger partial charge in [0.25, 0.3) is 5.91 Å². The van der Waals surface area contributed by atoms with Crippen LogP contribution in [0.4, 0.5) is 0 Å². The molecule has 9 heteroatoms. The second kappa shape index (κ2) is 10.0. The fourth-order valence-corrected chi connectivity index (χ4v) is 3.30. The number of furan rings is 1. The van der Waals surface area contributed by atoms with Gasteiger partial charge in [0, 0.05) is 6.54 Å². The number of hydrogen-bond donors (Lipinski definition) is 0. The molecule has 0 aliphatic carbocycles. The predicted octanol–water partition coefficient (Wildman–Crippen LogP) is 3.23. The fourth-order valence-electron chi connectivity index (χ4n) is 2.84. The van der Waals surface area contributed by atoms with Crippen molar-refractivity contribution < 1.29 is 31.3 Å². The number of carbonyl (C=O) groups excluding carboxylic acids is 1. The van der Waals surface area contributed by atoms with Gasteiger partial charge in [-0.3, -0.25) is 4.79 Å². The van der Waals surface area contributed by atoms with Crippen molar-refractivity contribution in [3.8, 4) is 17.2 Å². The predicted molar refractivity (Wildman–Crippen MR) is 113 cm³/mol. The van der Waals surface area contributed by atoms with Crippen molar-refractivity contribution >= 4 is 16.0 Å². The first-order valence-electron chi connectivity index (χ1n) is 9.38. The molecular formula is C22H23NO7S. The van der Waals surface area contributed by atoms with Crippen LogP contribution in [-0.4, -0.2) is 39.2 Å². The van der Waals surface area contributed by atoms with E-state index in [2.05, 4.69) is 0 Å². The highest BCUT2D eigenvalue weighted by Crippen LogP contribution is 2.30. The van der Waals surface area contributed by atoms with Crippen LogP contribution >= 0.6 is 0 Å². The smallest absolute Gasteiger partial charge is 0.306 e. The number of methoxy groups -OCH3 is 1. The van der Waals surface area contributed by atoms with Gasteiger partial charge >= 0.3 is 10.1 Å². The summed E-state index contributed by atoms with van der Waals surface area (Å²) in [6.45, 7) is 0.244. The van der Waals surface area contributed by atoms with Crippen LogP contribution in [0.25, 0.3) is 0 Å². The third-order valence-electron chi connectivity index (χ3n) is 4.23. The zero-order valence-corrected chi connectivity index (χ0v) is 18.0. The van der Waals surface area contributed by atoms with Gasteiger partial charge in [-0.25, -0.2) is 0 Å². The Kier molecular flexibility index (Phi) is 7.19. The second-order valence-electron chi connectivity index (χ2n) is 6.70. The number of ether oxygens (including phenoxy) is 2. The maximum Gasteiger partial charge on any atom is 0.306 e. The molecule has 2 aromatic carbocycles. The molecule has 164 valence electrons. The van der Waals surface area contributed by atoms with Crippen molar-refractivity contribution in [3.63, 3.8) is 0 Å². The summed E-state index contributed by atoms with van der Waals surface area (Å²) in [7, 11) is -2.33. The first-order chi connectivity index (χ1) is 14.8. The Morgan fingerprint density at radius 1 is 1.00 bits per heavy atom. The summed E-state index contributed by atoms with van der Waals surface area (Å²) < 4.78 is 44.3. The summed E-state index contributed by atoms with van der Waals surface area (Å²) in [5, 5.41) is 0. The van der Waals surface area contributed by atoms with E-state index in [1.165, 1.54) is 19.4 Å².